The molecule has 2 N–H and O–H groups in total. The Bertz CT molecular complexity index is 221. The molecule has 16 heavy (non-hydrogen) atoms. The Morgan fingerprint density at radius 1 is 1.25 bits per heavy atom. The molecule has 2 nitrogen and oxygen atoms in total. The van der Waals surface area contributed by atoms with Gasteiger partial charge < -0.3 is 5.32 Å². The van der Waals surface area contributed by atoms with E-state index in [-0.39, 0.29) is 0 Å². The Labute approximate surface area is 101 Å². The number of rotatable bonds is 8. The average molecular weight is 224 g/mol. The Kier molecular flexibility index (Phi) is 6.74. The molecule has 0 spiro atoms. The zero-order valence-electron chi connectivity index (χ0n) is 11.2. The van der Waals surface area contributed by atoms with Crippen LogP contribution in [0.3, 0.4) is 0 Å². The predicted octanol–water partition coefficient (Wildman–Crippen LogP) is 3.20. The maximum Gasteiger partial charge on any atom is 0.0571 e. The molecule has 1 rings (SSSR count). The van der Waals surface area contributed by atoms with Gasteiger partial charge in [0.25, 0.3) is 0 Å². The number of hydrogen-bond acceptors (Lipinski definition) is 2. The van der Waals surface area contributed by atoms with Crippen molar-refractivity contribution in [1.82, 2.24) is 10.6 Å². The van der Waals surface area contributed by atoms with Crippen LogP contribution in [0, 0.1) is 0 Å². The van der Waals surface area contributed by atoms with Gasteiger partial charge >= 0.3 is 0 Å². The van der Waals surface area contributed by atoms with Crippen LogP contribution in [-0.2, 0) is 0 Å². The van der Waals surface area contributed by atoms with Crippen molar-refractivity contribution in [2.45, 2.75) is 65.0 Å². The molecule has 1 aliphatic carbocycles. The van der Waals surface area contributed by atoms with Crippen LogP contribution in [0.2, 0.25) is 0 Å². The van der Waals surface area contributed by atoms with Gasteiger partial charge in [-0.05, 0) is 39.7 Å². The lowest BCUT2D eigenvalue weighted by Gasteiger charge is -2.18. The standard InChI is InChI=1S/C14H28N2/c1-4-5-6-10-14(15-3)16-11-13-9-7-8-12(13)2/h14-16H,4-11H2,1-3H3. The van der Waals surface area contributed by atoms with E-state index in [1.54, 1.807) is 11.1 Å². The van der Waals surface area contributed by atoms with E-state index in [2.05, 4.69) is 31.5 Å². The summed E-state index contributed by atoms with van der Waals surface area (Å²) in [5.41, 5.74) is 3.27. The van der Waals surface area contributed by atoms with Gasteiger partial charge in [-0.2, -0.15) is 0 Å². The van der Waals surface area contributed by atoms with Crippen molar-refractivity contribution < 1.29 is 0 Å². The van der Waals surface area contributed by atoms with Crippen molar-refractivity contribution in [2.75, 3.05) is 13.6 Å². The molecule has 1 aliphatic rings. The van der Waals surface area contributed by atoms with Gasteiger partial charge in [0.1, 0.15) is 0 Å². The van der Waals surface area contributed by atoms with Crippen LogP contribution in [0.4, 0.5) is 0 Å². The van der Waals surface area contributed by atoms with Crippen LogP contribution in [0.15, 0.2) is 11.1 Å². The fourth-order valence-electron chi connectivity index (χ4n) is 2.39. The maximum absolute atomic E-state index is 3.63. The molecule has 0 radical (unpaired) electrons. The molecule has 1 unspecified atom stereocenters. The highest BCUT2D eigenvalue weighted by molar-refractivity contribution is 5.18. The second-order valence-corrected chi connectivity index (χ2v) is 4.96. The molecular weight excluding hydrogens is 196 g/mol. The summed E-state index contributed by atoms with van der Waals surface area (Å²) < 4.78 is 0. The summed E-state index contributed by atoms with van der Waals surface area (Å²) in [4.78, 5) is 0. The summed E-state index contributed by atoms with van der Waals surface area (Å²) in [6, 6.07) is 0. The summed E-state index contributed by atoms with van der Waals surface area (Å²) in [6.07, 6.45) is 9.71. The maximum atomic E-state index is 3.63. The summed E-state index contributed by atoms with van der Waals surface area (Å²) in [6.45, 7) is 5.63. The zero-order chi connectivity index (χ0) is 11.8. The van der Waals surface area contributed by atoms with Gasteiger partial charge in [0, 0.05) is 6.54 Å². The summed E-state index contributed by atoms with van der Waals surface area (Å²) in [7, 11) is 2.06. The molecule has 0 aromatic rings. The van der Waals surface area contributed by atoms with Gasteiger partial charge in [-0.1, -0.05) is 37.3 Å². The minimum Gasteiger partial charge on any atom is -0.305 e. The molecule has 0 aromatic heterocycles. The minimum atomic E-state index is 0.493. The second-order valence-electron chi connectivity index (χ2n) is 4.96. The molecule has 0 saturated heterocycles. The first kappa shape index (κ1) is 13.7. The van der Waals surface area contributed by atoms with Crippen molar-refractivity contribution in [3.63, 3.8) is 0 Å². The van der Waals surface area contributed by atoms with E-state index in [9.17, 15) is 0 Å². The highest BCUT2D eigenvalue weighted by atomic mass is 15.1. The van der Waals surface area contributed by atoms with Crippen molar-refractivity contribution in [1.29, 1.82) is 0 Å². The molecule has 0 heterocycles. The molecule has 0 fully saturated rings. The zero-order valence-corrected chi connectivity index (χ0v) is 11.2. The number of nitrogens with one attached hydrogen (secondary N) is 2. The third kappa shape index (κ3) is 4.67. The van der Waals surface area contributed by atoms with E-state index in [1.165, 1.54) is 44.9 Å². The van der Waals surface area contributed by atoms with Gasteiger partial charge in [-0.25, -0.2) is 0 Å². The number of hydrogen-bond donors (Lipinski definition) is 2. The Morgan fingerprint density at radius 3 is 2.62 bits per heavy atom. The lowest BCUT2D eigenvalue weighted by Crippen LogP contribution is -2.41. The fraction of sp³-hybridized carbons (Fsp3) is 0.857. The predicted molar refractivity (Wildman–Crippen MR) is 71.5 cm³/mol. The SMILES string of the molecule is CCCCCC(NC)NCC1=C(C)CCC1. The first-order valence-corrected chi connectivity index (χ1v) is 6.86. The minimum absolute atomic E-state index is 0.493. The van der Waals surface area contributed by atoms with Gasteiger partial charge in [0.2, 0.25) is 0 Å². The van der Waals surface area contributed by atoms with E-state index in [0.717, 1.165) is 6.54 Å². The first-order valence-electron chi connectivity index (χ1n) is 6.86. The fourth-order valence-corrected chi connectivity index (χ4v) is 2.39. The summed E-state index contributed by atoms with van der Waals surface area (Å²) >= 11 is 0. The third-order valence-electron chi connectivity index (χ3n) is 3.64. The van der Waals surface area contributed by atoms with E-state index in [4.69, 9.17) is 0 Å². The summed E-state index contributed by atoms with van der Waals surface area (Å²) in [5, 5.41) is 7.00. The van der Waals surface area contributed by atoms with Gasteiger partial charge in [0.15, 0.2) is 0 Å². The normalized spacial score (nSPS) is 18.2. The lowest BCUT2D eigenvalue weighted by molar-refractivity contribution is 0.423. The molecule has 2 heteroatoms. The van der Waals surface area contributed by atoms with Crippen molar-refractivity contribution >= 4 is 0 Å². The quantitative estimate of drug-likeness (QED) is 0.376. The van der Waals surface area contributed by atoms with Gasteiger partial charge in [-0.15, -0.1) is 0 Å². The third-order valence-corrected chi connectivity index (χ3v) is 3.64. The Morgan fingerprint density at radius 2 is 2.06 bits per heavy atom. The summed E-state index contributed by atoms with van der Waals surface area (Å²) in [5.74, 6) is 0. The van der Waals surface area contributed by atoms with Gasteiger partial charge in [0.05, 0.1) is 6.17 Å². The van der Waals surface area contributed by atoms with Crippen molar-refractivity contribution in [3.8, 4) is 0 Å². The molecule has 0 saturated carbocycles. The monoisotopic (exact) mass is 224 g/mol. The van der Waals surface area contributed by atoms with E-state index in [0.29, 0.717) is 6.17 Å². The highest BCUT2D eigenvalue weighted by Gasteiger charge is 2.12. The molecule has 94 valence electrons. The van der Waals surface area contributed by atoms with Crippen molar-refractivity contribution in [3.05, 3.63) is 11.1 Å². The number of allylic oxidation sites excluding steroid dienone is 1. The molecule has 0 aromatic carbocycles. The van der Waals surface area contributed by atoms with E-state index in [1.807, 2.05) is 0 Å². The van der Waals surface area contributed by atoms with Crippen LogP contribution in [0.1, 0.15) is 58.8 Å². The topological polar surface area (TPSA) is 24.1 Å². The molecule has 0 amide bonds. The van der Waals surface area contributed by atoms with Crippen molar-refractivity contribution in [2.24, 2.45) is 0 Å². The van der Waals surface area contributed by atoms with Crippen LogP contribution in [-0.4, -0.2) is 19.8 Å². The smallest absolute Gasteiger partial charge is 0.0571 e. The second kappa shape index (κ2) is 7.86. The van der Waals surface area contributed by atoms with Gasteiger partial charge in [-0.3, -0.25) is 5.32 Å². The van der Waals surface area contributed by atoms with E-state index >= 15 is 0 Å². The van der Waals surface area contributed by atoms with Crippen LogP contribution < -0.4 is 10.6 Å². The van der Waals surface area contributed by atoms with Crippen LogP contribution >= 0.6 is 0 Å². The Balaban J connectivity index is 2.20. The molecule has 0 bridgehead atoms. The molecule has 0 aliphatic heterocycles. The average Bonchev–Trinajstić information content (AvgIpc) is 2.69. The van der Waals surface area contributed by atoms with Crippen LogP contribution in [0.5, 0.6) is 0 Å². The van der Waals surface area contributed by atoms with E-state index < -0.39 is 0 Å². The van der Waals surface area contributed by atoms with Crippen LogP contribution in [0.25, 0.3) is 0 Å². The number of unbranched alkanes of at least 4 members (excludes halogenated alkanes) is 2. The molecule has 1 atom stereocenters. The lowest BCUT2D eigenvalue weighted by atomic mass is 10.1. The molecular formula is C14H28N2. The highest BCUT2D eigenvalue weighted by Crippen LogP contribution is 2.24. The largest absolute Gasteiger partial charge is 0.305 e. The Hall–Kier alpha value is -0.340. The first-order chi connectivity index (χ1) is 7.77.